The van der Waals surface area contributed by atoms with Crippen molar-refractivity contribution < 1.29 is 19.4 Å². The normalized spacial score (nSPS) is 22.3. The Morgan fingerprint density at radius 1 is 1.39 bits per heavy atom. The molecule has 1 aliphatic rings. The number of methoxy groups -OCH3 is 1. The van der Waals surface area contributed by atoms with Crippen LogP contribution in [0.2, 0.25) is 0 Å². The van der Waals surface area contributed by atoms with Crippen molar-refractivity contribution in [2.45, 2.75) is 24.7 Å². The van der Waals surface area contributed by atoms with E-state index in [9.17, 15) is 9.90 Å². The first-order valence-corrected chi connectivity index (χ1v) is 5.85. The third-order valence-corrected chi connectivity index (χ3v) is 2.96. The molecular weight excluding hydrogens is 232 g/mol. The highest BCUT2D eigenvalue weighted by atomic mass is 16.6. The van der Waals surface area contributed by atoms with Crippen LogP contribution in [0.5, 0.6) is 0 Å². The Morgan fingerprint density at radius 2 is 2.11 bits per heavy atom. The number of rotatable bonds is 4. The molecular formula is C14H16O4. The van der Waals surface area contributed by atoms with Gasteiger partial charge in [0.15, 0.2) is 0 Å². The van der Waals surface area contributed by atoms with E-state index in [1.807, 2.05) is 30.3 Å². The van der Waals surface area contributed by atoms with Crippen LogP contribution in [0.15, 0.2) is 42.5 Å². The fourth-order valence-corrected chi connectivity index (χ4v) is 2.05. The zero-order chi connectivity index (χ0) is 13.0. The number of carbonyl (C=O) groups is 1. The van der Waals surface area contributed by atoms with Crippen LogP contribution in [-0.2, 0) is 14.3 Å². The molecule has 0 aromatic heterocycles. The molecule has 0 aliphatic carbocycles. The number of aliphatic hydroxyl groups excluding tert-OH is 1. The highest BCUT2D eigenvalue weighted by Gasteiger charge is 2.32. The third kappa shape index (κ3) is 2.78. The Hall–Kier alpha value is -1.65. The Morgan fingerprint density at radius 3 is 2.72 bits per heavy atom. The molecule has 0 bridgehead atoms. The summed E-state index contributed by atoms with van der Waals surface area (Å²) >= 11 is 0. The van der Waals surface area contributed by atoms with Crippen molar-refractivity contribution in [3.8, 4) is 0 Å². The summed E-state index contributed by atoms with van der Waals surface area (Å²) in [6.07, 6.45) is 1.62. The monoisotopic (exact) mass is 248 g/mol. The molecule has 0 amide bonds. The van der Waals surface area contributed by atoms with Crippen molar-refractivity contribution >= 4 is 5.97 Å². The first-order chi connectivity index (χ1) is 8.72. The quantitative estimate of drug-likeness (QED) is 0.822. The van der Waals surface area contributed by atoms with Crippen molar-refractivity contribution in [3.63, 3.8) is 0 Å². The number of aliphatic hydroxyl groups is 1. The summed E-state index contributed by atoms with van der Waals surface area (Å²) in [6.45, 7) is 0. The van der Waals surface area contributed by atoms with Gasteiger partial charge in [-0.25, -0.2) is 4.79 Å². The predicted octanol–water partition coefficient (Wildman–Crippen LogP) is 1.61. The Bertz CT molecular complexity index is 427. The first kappa shape index (κ1) is 12.8. The highest BCUT2D eigenvalue weighted by Crippen LogP contribution is 2.26. The molecule has 96 valence electrons. The molecule has 1 N–H and O–H groups in total. The molecule has 0 fully saturated rings. The van der Waals surface area contributed by atoms with E-state index in [0.29, 0.717) is 6.42 Å². The largest absolute Gasteiger partial charge is 0.456 e. The minimum atomic E-state index is -0.883. The van der Waals surface area contributed by atoms with Gasteiger partial charge in [-0.2, -0.15) is 0 Å². The predicted molar refractivity (Wildman–Crippen MR) is 65.8 cm³/mol. The summed E-state index contributed by atoms with van der Waals surface area (Å²) in [5.41, 5.74) is 0.859. The number of hydrogen-bond acceptors (Lipinski definition) is 4. The molecule has 4 heteroatoms. The number of carbonyl (C=O) groups excluding carboxylic acids is 1. The topological polar surface area (TPSA) is 55.8 Å². The summed E-state index contributed by atoms with van der Waals surface area (Å²) in [4.78, 5) is 11.2. The second-order valence-electron chi connectivity index (χ2n) is 4.17. The zero-order valence-corrected chi connectivity index (χ0v) is 10.2. The van der Waals surface area contributed by atoms with Gasteiger partial charge in [0.2, 0.25) is 0 Å². The van der Waals surface area contributed by atoms with Gasteiger partial charge in [-0.3, -0.25) is 0 Å². The molecule has 18 heavy (non-hydrogen) atoms. The molecule has 0 radical (unpaired) electrons. The van der Waals surface area contributed by atoms with Crippen molar-refractivity contribution in [1.82, 2.24) is 0 Å². The van der Waals surface area contributed by atoms with Gasteiger partial charge in [0.25, 0.3) is 0 Å². The molecule has 1 heterocycles. The summed E-state index contributed by atoms with van der Waals surface area (Å²) in [6, 6.07) is 9.39. The van der Waals surface area contributed by atoms with E-state index in [1.54, 1.807) is 6.08 Å². The van der Waals surface area contributed by atoms with E-state index in [2.05, 4.69) is 0 Å². The van der Waals surface area contributed by atoms with E-state index in [0.717, 1.165) is 5.56 Å². The number of benzene rings is 1. The van der Waals surface area contributed by atoms with E-state index in [1.165, 1.54) is 13.2 Å². The lowest BCUT2D eigenvalue weighted by Crippen LogP contribution is -2.37. The molecule has 1 aromatic carbocycles. The Balaban J connectivity index is 2.13. The van der Waals surface area contributed by atoms with Crippen molar-refractivity contribution in [2.24, 2.45) is 0 Å². The smallest absolute Gasteiger partial charge is 0.330 e. The fraction of sp³-hybridized carbons (Fsp3) is 0.357. The summed E-state index contributed by atoms with van der Waals surface area (Å²) < 4.78 is 10.4. The van der Waals surface area contributed by atoms with Crippen LogP contribution in [-0.4, -0.2) is 30.4 Å². The number of cyclic esters (lactones) is 1. The van der Waals surface area contributed by atoms with Crippen molar-refractivity contribution in [3.05, 3.63) is 48.0 Å². The summed E-state index contributed by atoms with van der Waals surface area (Å²) in [7, 11) is 1.53. The average Bonchev–Trinajstić information content (AvgIpc) is 2.41. The summed E-state index contributed by atoms with van der Waals surface area (Å²) in [5, 5.41) is 10.3. The average molecular weight is 248 g/mol. The van der Waals surface area contributed by atoms with Gasteiger partial charge in [-0.15, -0.1) is 0 Å². The molecule has 2 rings (SSSR count). The third-order valence-electron chi connectivity index (χ3n) is 2.96. The lowest BCUT2D eigenvalue weighted by atomic mass is 9.97. The van der Waals surface area contributed by atoms with Crippen LogP contribution in [0.3, 0.4) is 0 Å². The molecule has 1 aromatic rings. The highest BCUT2D eigenvalue weighted by molar-refractivity contribution is 5.82. The van der Waals surface area contributed by atoms with Crippen molar-refractivity contribution in [1.29, 1.82) is 0 Å². The number of ether oxygens (including phenoxy) is 2. The van der Waals surface area contributed by atoms with Crippen LogP contribution in [0.25, 0.3) is 0 Å². The van der Waals surface area contributed by atoms with Gasteiger partial charge in [-0.1, -0.05) is 36.4 Å². The van der Waals surface area contributed by atoms with E-state index < -0.39 is 24.3 Å². The Labute approximate surface area is 106 Å². The molecule has 0 saturated heterocycles. The maximum absolute atomic E-state index is 11.2. The SMILES string of the molecule is CO[C@H](c1ccccc1)[C@H](O)[C@H]1CC=CC(=O)O1. The molecule has 0 unspecified atom stereocenters. The van der Waals surface area contributed by atoms with Crippen LogP contribution in [0, 0.1) is 0 Å². The van der Waals surface area contributed by atoms with Crippen LogP contribution in [0.4, 0.5) is 0 Å². The fourth-order valence-electron chi connectivity index (χ4n) is 2.05. The summed E-state index contributed by atoms with van der Waals surface area (Å²) in [5.74, 6) is -0.423. The number of esters is 1. The lowest BCUT2D eigenvalue weighted by molar-refractivity contribution is -0.157. The maximum Gasteiger partial charge on any atom is 0.330 e. The first-order valence-electron chi connectivity index (χ1n) is 5.85. The minimum absolute atomic E-state index is 0.423. The number of hydrogen-bond donors (Lipinski definition) is 1. The van der Waals surface area contributed by atoms with Crippen LogP contribution < -0.4 is 0 Å². The van der Waals surface area contributed by atoms with E-state index >= 15 is 0 Å². The van der Waals surface area contributed by atoms with Gasteiger partial charge < -0.3 is 14.6 Å². The standard InChI is InChI=1S/C14H16O4/c1-17-14(10-6-3-2-4-7-10)13(16)11-8-5-9-12(15)18-11/h2-7,9,11,13-14,16H,8H2,1H3/t11-,13-,14-/m1/s1. The molecule has 3 atom stereocenters. The van der Waals surface area contributed by atoms with Gasteiger partial charge >= 0.3 is 5.97 Å². The van der Waals surface area contributed by atoms with Gasteiger partial charge in [-0.05, 0) is 5.56 Å². The second-order valence-corrected chi connectivity index (χ2v) is 4.17. The molecule has 0 saturated carbocycles. The van der Waals surface area contributed by atoms with E-state index in [4.69, 9.17) is 9.47 Å². The zero-order valence-electron chi connectivity index (χ0n) is 10.2. The second kappa shape index (κ2) is 5.80. The van der Waals surface area contributed by atoms with Crippen molar-refractivity contribution in [2.75, 3.05) is 7.11 Å². The van der Waals surface area contributed by atoms with Gasteiger partial charge in [0.1, 0.15) is 18.3 Å². The Kier molecular flexibility index (Phi) is 4.12. The molecule has 0 spiro atoms. The lowest BCUT2D eigenvalue weighted by Gasteiger charge is -2.29. The minimum Gasteiger partial charge on any atom is -0.456 e. The maximum atomic E-state index is 11.2. The molecule has 4 nitrogen and oxygen atoms in total. The van der Waals surface area contributed by atoms with Crippen LogP contribution in [0.1, 0.15) is 18.1 Å². The van der Waals surface area contributed by atoms with Gasteiger partial charge in [0, 0.05) is 19.6 Å². The van der Waals surface area contributed by atoms with Gasteiger partial charge in [0.05, 0.1) is 0 Å². The van der Waals surface area contributed by atoms with E-state index in [-0.39, 0.29) is 0 Å². The molecule has 1 aliphatic heterocycles. The van der Waals surface area contributed by atoms with Crippen LogP contribution >= 0.6 is 0 Å².